The molecule has 1 atom stereocenters. The van der Waals surface area contributed by atoms with Gasteiger partial charge in [0.15, 0.2) is 5.54 Å². The van der Waals surface area contributed by atoms with E-state index >= 15 is 0 Å². The molecule has 0 aliphatic carbocycles. The van der Waals surface area contributed by atoms with E-state index in [9.17, 15) is 18.0 Å². The molecule has 1 heterocycles. The Hall–Kier alpha value is -0.780. The van der Waals surface area contributed by atoms with Crippen LogP contribution in [-0.2, 0) is 4.79 Å². The van der Waals surface area contributed by atoms with Gasteiger partial charge in [-0.15, -0.1) is 0 Å². The Morgan fingerprint density at radius 3 is 2.43 bits per heavy atom. The predicted molar refractivity (Wildman–Crippen MR) is 44.5 cm³/mol. The summed E-state index contributed by atoms with van der Waals surface area (Å²) in [5.41, 5.74) is 3.04. The van der Waals surface area contributed by atoms with Gasteiger partial charge in [-0.2, -0.15) is 13.2 Å². The number of alkyl halides is 3. The minimum atomic E-state index is -4.44. The zero-order valence-corrected chi connectivity index (χ0v) is 7.90. The molecular weight excluding hydrogens is 197 g/mol. The lowest BCUT2D eigenvalue weighted by atomic mass is 9.95. The number of nitrogens with zero attached hydrogens (tertiary/aromatic N) is 1. The van der Waals surface area contributed by atoms with Gasteiger partial charge in [-0.05, 0) is 12.8 Å². The molecule has 1 unspecified atom stereocenters. The summed E-state index contributed by atoms with van der Waals surface area (Å²) in [5, 5.41) is 0. The quantitative estimate of drug-likeness (QED) is 0.698. The third kappa shape index (κ3) is 1.47. The standard InChI is InChI=1S/C8H13F3N2O/c1-6(14)13-4-2-3-7(13,5-12)8(9,10)11/h2-5,12H2,1H3. The lowest BCUT2D eigenvalue weighted by molar-refractivity contribution is -0.220. The maximum atomic E-state index is 12.8. The molecular formula is C8H13F3N2O. The van der Waals surface area contributed by atoms with Crippen LogP contribution < -0.4 is 5.73 Å². The first-order valence-electron chi connectivity index (χ1n) is 4.40. The van der Waals surface area contributed by atoms with Crippen molar-refractivity contribution in [3.05, 3.63) is 0 Å². The summed E-state index contributed by atoms with van der Waals surface area (Å²) in [4.78, 5) is 11.9. The van der Waals surface area contributed by atoms with Crippen LogP contribution in [0.25, 0.3) is 0 Å². The molecule has 14 heavy (non-hydrogen) atoms. The molecule has 0 radical (unpaired) electrons. The summed E-state index contributed by atoms with van der Waals surface area (Å²) in [5.74, 6) is -0.565. The number of likely N-dealkylation sites (tertiary alicyclic amines) is 1. The third-order valence-electron chi connectivity index (χ3n) is 2.73. The maximum Gasteiger partial charge on any atom is 0.412 e. The van der Waals surface area contributed by atoms with Crippen LogP contribution in [0.2, 0.25) is 0 Å². The molecule has 0 aromatic rings. The monoisotopic (exact) mass is 210 g/mol. The third-order valence-corrected chi connectivity index (χ3v) is 2.73. The molecule has 0 spiro atoms. The van der Waals surface area contributed by atoms with Crippen LogP contribution >= 0.6 is 0 Å². The Kier molecular flexibility index (Phi) is 2.76. The number of halogens is 3. The molecule has 3 nitrogen and oxygen atoms in total. The van der Waals surface area contributed by atoms with Gasteiger partial charge in [-0.25, -0.2) is 0 Å². The highest BCUT2D eigenvalue weighted by atomic mass is 19.4. The summed E-state index contributed by atoms with van der Waals surface area (Å²) in [7, 11) is 0. The molecule has 1 fully saturated rings. The number of rotatable bonds is 1. The van der Waals surface area contributed by atoms with Crippen LogP contribution in [0.3, 0.4) is 0 Å². The number of nitrogens with two attached hydrogens (primary N) is 1. The predicted octanol–water partition coefficient (Wildman–Crippen LogP) is 0.889. The lowest BCUT2D eigenvalue weighted by Gasteiger charge is -2.38. The molecule has 1 aliphatic heterocycles. The summed E-state index contributed by atoms with van der Waals surface area (Å²) in [6.45, 7) is 0.726. The average Bonchev–Trinajstić information content (AvgIpc) is 2.46. The molecule has 82 valence electrons. The zero-order valence-electron chi connectivity index (χ0n) is 7.90. The van der Waals surface area contributed by atoms with E-state index in [1.807, 2.05) is 0 Å². The zero-order chi connectivity index (χ0) is 11.0. The van der Waals surface area contributed by atoms with E-state index in [0.29, 0.717) is 6.42 Å². The smallest absolute Gasteiger partial charge is 0.328 e. The number of hydrogen-bond acceptors (Lipinski definition) is 2. The highest BCUT2D eigenvalue weighted by molar-refractivity contribution is 5.74. The van der Waals surface area contributed by atoms with Crippen LogP contribution in [0.4, 0.5) is 13.2 Å². The van der Waals surface area contributed by atoms with E-state index in [0.717, 1.165) is 11.8 Å². The van der Waals surface area contributed by atoms with Gasteiger partial charge in [0, 0.05) is 20.0 Å². The Balaban J connectivity index is 3.04. The van der Waals surface area contributed by atoms with Gasteiger partial charge in [-0.1, -0.05) is 0 Å². The van der Waals surface area contributed by atoms with E-state index in [1.165, 1.54) is 0 Å². The van der Waals surface area contributed by atoms with Gasteiger partial charge < -0.3 is 10.6 Å². The van der Waals surface area contributed by atoms with Gasteiger partial charge in [-0.3, -0.25) is 4.79 Å². The van der Waals surface area contributed by atoms with Gasteiger partial charge in [0.1, 0.15) is 0 Å². The first kappa shape index (κ1) is 11.3. The molecule has 1 saturated heterocycles. The van der Waals surface area contributed by atoms with Crippen molar-refractivity contribution >= 4 is 5.91 Å². The van der Waals surface area contributed by atoms with E-state index in [4.69, 9.17) is 5.73 Å². The Labute approximate surface area is 80.0 Å². The van der Waals surface area contributed by atoms with E-state index < -0.39 is 24.2 Å². The topological polar surface area (TPSA) is 46.3 Å². The Bertz CT molecular complexity index is 241. The lowest BCUT2D eigenvalue weighted by Crippen LogP contribution is -2.61. The van der Waals surface area contributed by atoms with Gasteiger partial charge in [0.2, 0.25) is 5.91 Å². The second kappa shape index (κ2) is 3.42. The van der Waals surface area contributed by atoms with E-state index in [2.05, 4.69) is 0 Å². The number of hydrogen-bond donors (Lipinski definition) is 1. The first-order valence-corrected chi connectivity index (χ1v) is 4.40. The fraction of sp³-hybridized carbons (Fsp3) is 0.875. The van der Waals surface area contributed by atoms with Crippen LogP contribution in [0.1, 0.15) is 19.8 Å². The van der Waals surface area contributed by atoms with Gasteiger partial charge in [0.05, 0.1) is 0 Å². The van der Waals surface area contributed by atoms with Crippen LogP contribution in [0.15, 0.2) is 0 Å². The first-order chi connectivity index (χ1) is 6.35. The van der Waals surface area contributed by atoms with Crippen LogP contribution in [-0.4, -0.2) is 35.6 Å². The van der Waals surface area contributed by atoms with Crippen molar-refractivity contribution in [3.8, 4) is 0 Å². The van der Waals surface area contributed by atoms with Gasteiger partial charge >= 0.3 is 6.18 Å². The number of carbonyl (C=O) groups excluding carboxylic acids is 1. The normalized spacial score (nSPS) is 28.2. The second-order valence-corrected chi connectivity index (χ2v) is 3.51. The van der Waals surface area contributed by atoms with E-state index in [-0.39, 0.29) is 13.0 Å². The van der Waals surface area contributed by atoms with Crippen molar-refractivity contribution in [1.29, 1.82) is 0 Å². The van der Waals surface area contributed by atoms with E-state index in [1.54, 1.807) is 0 Å². The van der Waals surface area contributed by atoms with Crippen molar-refractivity contribution < 1.29 is 18.0 Å². The van der Waals surface area contributed by atoms with Crippen molar-refractivity contribution in [3.63, 3.8) is 0 Å². The largest absolute Gasteiger partial charge is 0.412 e. The molecule has 0 aromatic heterocycles. The Morgan fingerprint density at radius 1 is 1.57 bits per heavy atom. The number of amides is 1. The summed E-state index contributed by atoms with van der Waals surface area (Å²) < 4.78 is 38.3. The fourth-order valence-electron chi connectivity index (χ4n) is 1.96. The van der Waals surface area contributed by atoms with Crippen molar-refractivity contribution in [2.45, 2.75) is 31.5 Å². The minimum Gasteiger partial charge on any atom is -0.328 e. The minimum absolute atomic E-state index is 0.0907. The average molecular weight is 210 g/mol. The highest BCUT2D eigenvalue weighted by Crippen LogP contribution is 2.42. The molecule has 0 saturated carbocycles. The van der Waals surface area contributed by atoms with Crippen LogP contribution in [0, 0.1) is 0 Å². The maximum absolute atomic E-state index is 12.8. The fourth-order valence-corrected chi connectivity index (χ4v) is 1.96. The molecule has 0 bridgehead atoms. The molecule has 2 N–H and O–H groups in total. The van der Waals surface area contributed by atoms with Crippen molar-refractivity contribution in [2.24, 2.45) is 5.73 Å². The van der Waals surface area contributed by atoms with Crippen molar-refractivity contribution in [1.82, 2.24) is 4.90 Å². The Morgan fingerprint density at radius 2 is 2.14 bits per heavy atom. The van der Waals surface area contributed by atoms with Gasteiger partial charge in [0.25, 0.3) is 0 Å². The SMILES string of the molecule is CC(=O)N1CCCC1(CN)C(F)(F)F. The summed E-state index contributed by atoms with van der Waals surface area (Å²) >= 11 is 0. The molecule has 1 aliphatic rings. The number of carbonyl (C=O) groups is 1. The molecule has 1 amide bonds. The molecule has 6 heteroatoms. The molecule has 1 rings (SSSR count). The second-order valence-electron chi connectivity index (χ2n) is 3.51. The summed E-state index contributed by atoms with van der Waals surface area (Å²) in [6.07, 6.45) is -4.17. The van der Waals surface area contributed by atoms with Crippen LogP contribution in [0.5, 0.6) is 0 Å². The summed E-state index contributed by atoms with van der Waals surface area (Å²) in [6, 6.07) is 0. The molecule has 0 aromatic carbocycles. The highest BCUT2D eigenvalue weighted by Gasteiger charge is 2.60. The van der Waals surface area contributed by atoms with Crippen molar-refractivity contribution in [2.75, 3.05) is 13.1 Å².